The molecule has 1 aromatic carbocycles. The molecule has 4 heterocycles. The molecule has 34 heavy (non-hydrogen) atoms. The summed E-state index contributed by atoms with van der Waals surface area (Å²) in [6.07, 6.45) is 8.86. The van der Waals surface area contributed by atoms with E-state index in [1.807, 2.05) is 43.5 Å². The van der Waals surface area contributed by atoms with Gasteiger partial charge in [-0.1, -0.05) is 23.8 Å². The van der Waals surface area contributed by atoms with Crippen LogP contribution in [-0.2, 0) is 13.1 Å². The predicted molar refractivity (Wildman–Crippen MR) is 126 cm³/mol. The smallest absolute Gasteiger partial charge is 0.287 e. The molecule has 1 N–H and O–H groups in total. The third-order valence-electron chi connectivity index (χ3n) is 5.96. The molecule has 0 saturated carbocycles. The second-order valence-corrected chi connectivity index (χ2v) is 8.49. The molecule has 9 nitrogen and oxygen atoms in total. The van der Waals surface area contributed by atoms with Gasteiger partial charge in [0.1, 0.15) is 17.1 Å². The molecule has 5 rings (SSSR count). The minimum Gasteiger partial charge on any atom is -0.455 e. The number of aryl methyl sites for hydroxylation is 1. The number of hydrogen-bond acceptors (Lipinski definition) is 7. The molecule has 1 aliphatic rings. The molecule has 1 amide bonds. The van der Waals surface area contributed by atoms with Crippen LogP contribution in [0.4, 0.5) is 0 Å². The fourth-order valence-corrected chi connectivity index (χ4v) is 4.16. The van der Waals surface area contributed by atoms with Gasteiger partial charge < -0.3 is 9.73 Å². The number of likely N-dealkylation sites (tertiary alicyclic amines) is 1. The van der Waals surface area contributed by atoms with E-state index >= 15 is 0 Å². The van der Waals surface area contributed by atoms with Crippen LogP contribution in [0.2, 0.25) is 0 Å². The maximum absolute atomic E-state index is 12.6. The van der Waals surface area contributed by atoms with E-state index in [9.17, 15) is 4.79 Å². The third-order valence-corrected chi connectivity index (χ3v) is 5.96. The van der Waals surface area contributed by atoms with Crippen molar-refractivity contribution >= 4 is 5.91 Å². The lowest BCUT2D eigenvalue weighted by Crippen LogP contribution is -2.28. The molecule has 1 fully saturated rings. The Bertz CT molecular complexity index is 1270. The Kier molecular flexibility index (Phi) is 6.44. The molecule has 0 atom stereocenters. The normalized spacial score (nSPS) is 14.3. The molecule has 174 valence electrons. The first-order chi connectivity index (χ1) is 16.7. The van der Waals surface area contributed by atoms with E-state index in [1.54, 1.807) is 23.1 Å². The first kappa shape index (κ1) is 22.0. The molecular weight excluding hydrogens is 430 g/mol. The Morgan fingerprint density at radius 1 is 1.09 bits per heavy atom. The second kappa shape index (κ2) is 9.96. The fourth-order valence-electron chi connectivity index (χ4n) is 4.16. The highest BCUT2D eigenvalue weighted by Gasteiger charge is 2.16. The van der Waals surface area contributed by atoms with Crippen LogP contribution in [0.25, 0.3) is 17.1 Å². The molecule has 1 aliphatic heterocycles. The Morgan fingerprint density at radius 3 is 2.79 bits per heavy atom. The number of aromatic nitrogens is 5. The summed E-state index contributed by atoms with van der Waals surface area (Å²) in [5.41, 5.74) is 3.94. The zero-order valence-electron chi connectivity index (χ0n) is 19.1. The summed E-state index contributed by atoms with van der Waals surface area (Å²) in [5.74, 6) is 0.939. The van der Waals surface area contributed by atoms with E-state index in [1.165, 1.54) is 19.3 Å². The summed E-state index contributed by atoms with van der Waals surface area (Å²) in [5, 5.41) is 11.4. The van der Waals surface area contributed by atoms with Crippen LogP contribution in [0.5, 0.6) is 0 Å². The van der Waals surface area contributed by atoms with Gasteiger partial charge in [-0.3, -0.25) is 19.7 Å². The van der Waals surface area contributed by atoms with Crippen molar-refractivity contribution in [2.45, 2.75) is 39.3 Å². The lowest BCUT2D eigenvalue weighted by atomic mass is 10.1. The number of nitrogens with zero attached hydrogens (tertiary/aromatic N) is 6. The number of amides is 1. The maximum atomic E-state index is 12.6. The molecule has 0 radical (unpaired) electrons. The highest BCUT2D eigenvalue weighted by atomic mass is 16.4. The molecular formula is C25H27N7O2. The summed E-state index contributed by atoms with van der Waals surface area (Å²) < 4.78 is 7.49. The number of carbonyl (C=O) groups excluding carboxylic acids is 1. The number of piperidine rings is 1. The van der Waals surface area contributed by atoms with Gasteiger partial charge in [-0.15, -0.1) is 5.10 Å². The van der Waals surface area contributed by atoms with Gasteiger partial charge >= 0.3 is 0 Å². The summed E-state index contributed by atoms with van der Waals surface area (Å²) in [6.45, 7) is 5.19. The average Bonchev–Trinajstić information content (AvgIpc) is 3.54. The molecule has 4 aromatic rings. The number of hydrogen-bond donors (Lipinski definition) is 1. The standard InChI is InChI=1S/C25H27N7O2/c1-18-24(27-11-10-26-18)22-17-32(30-29-22)20-7-5-6-19(14-20)15-28-25(33)23-9-8-21(34-23)16-31-12-3-2-4-13-31/h5-11,14,17H,2-4,12-13,15-16H2,1H3,(H,28,33). The number of carbonyl (C=O) groups is 1. The van der Waals surface area contributed by atoms with E-state index in [2.05, 4.69) is 30.5 Å². The van der Waals surface area contributed by atoms with Crippen LogP contribution in [-0.4, -0.2) is 48.9 Å². The summed E-state index contributed by atoms with van der Waals surface area (Å²) in [4.78, 5) is 23.6. The summed E-state index contributed by atoms with van der Waals surface area (Å²) >= 11 is 0. The van der Waals surface area contributed by atoms with E-state index in [0.29, 0.717) is 23.7 Å². The molecule has 3 aromatic heterocycles. The molecule has 1 saturated heterocycles. The Morgan fingerprint density at radius 2 is 1.94 bits per heavy atom. The molecule has 0 spiro atoms. The van der Waals surface area contributed by atoms with E-state index in [0.717, 1.165) is 42.3 Å². The van der Waals surface area contributed by atoms with Crippen molar-refractivity contribution in [3.05, 3.63) is 77.8 Å². The Labute approximate surface area is 197 Å². The van der Waals surface area contributed by atoms with Gasteiger partial charge in [-0.25, -0.2) is 4.68 Å². The van der Waals surface area contributed by atoms with Crippen LogP contribution in [0.3, 0.4) is 0 Å². The summed E-state index contributed by atoms with van der Waals surface area (Å²) in [6, 6.07) is 11.4. The quantitative estimate of drug-likeness (QED) is 0.453. The topological polar surface area (TPSA) is 102 Å². The minimum atomic E-state index is -0.225. The largest absolute Gasteiger partial charge is 0.455 e. The van der Waals surface area contributed by atoms with Crippen molar-refractivity contribution < 1.29 is 9.21 Å². The van der Waals surface area contributed by atoms with Gasteiger partial charge in [0.25, 0.3) is 5.91 Å². The summed E-state index contributed by atoms with van der Waals surface area (Å²) in [7, 11) is 0. The van der Waals surface area contributed by atoms with Crippen molar-refractivity contribution in [2.24, 2.45) is 0 Å². The predicted octanol–water partition coefficient (Wildman–Crippen LogP) is 3.54. The van der Waals surface area contributed by atoms with Crippen molar-refractivity contribution in [1.29, 1.82) is 0 Å². The molecule has 0 bridgehead atoms. The van der Waals surface area contributed by atoms with Crippen LogP contribution < -0.4 is 5.32 Å². The number of benzene rings is 1. The monoisotopic (exact) mass is 457 g/mol. The van der Waals surface area contributed by atoms with Crippen molar-refractivity contribution in [3.8, 4) is 17.1 Å². The van der Waals surface area contributed by atoms with E-state index in [-0.39, 0.29) is 5.91 Å². The molecule has 0 aliphatic carbocycles. The highest BCUT2D eigenvalue weighted by Crippen LogP contribution is 2.19. The van der Waals surface area contributed by atoms with Crippen LogP contribution in [0.1, 0.15) is 46.8 Å². The number of nitrogens with one attached hydrogen (secondary N) is 1. The third kappa shape index (κ3) is 5.04. The van der Waals surface area contributed by atoms with Gasteiger partial charge in [-0.05, 0) is 62.7 Å². The van der Waals surface area contributed by atoms with Crippen molar-refractivity contribution in [1.82, 2.24) is 35.2 Å². The number of rotatable bonds is 7. The highest BCUT2D eigenvalue weighted by molar-refractivity contribution is 5.91. The van der Waals surface area contributed by atoms with Crippen molar-refractivity contribution in [3.63, 3.8) is 0 Å². The van der Waals surface area contributed by atoms with Gasteiger partial charge in [0, 0.05) is 18.9 Å². The van der Waals surface area contributed by atoms with E-state index < -0.39 is 0 Å². The Hall–Kier alpha value is -3.85. The van der Waals surface area contributed by atoms with E-state index in [4.69, 9.17) is 4.42 Å². The first-order valence-corrected chi connectivity index (χ1v) is 11.5. The zero-order valence-corrected chi connectivity index (χ0v) is 19.1. The van der Waals surface area contributed by atoms with Crippen LogP contribution in [0, 0.1) is 6.92 Å². The maximum Gasteiger partial charge on any atom is 0.287 e. The minimum absolute atomic E-state index is 0.225. The molecule has 0 unspecified atom stereocenters. The fraction of sp³-hybridized carbons (Fsp3) is 0.320. The van der Waals surface area contributed by atoms with Gasteiger partial charge in [-0.2, -0.15) is 0 Å². The van der Waals surface area contributed by atoms with Crippen molar-refractivity contribution in [2.75, 3.05) is 13.1 Å². The van der Waals surface area contributed by atoms with Gasteiger partial charge in [0.15, 0.2) is 5.76 Å². The first-order valence-electron chi connectivity index (χ1n) is 11.5. The lowest BCUT2D eigenvalue weighted by molar-refractivity contribution is 0.0918. The molecule has 9 heteroatoms. The average molecular weight is 458 g/mol. The zero-order chi connectivity index (χ0) is 23.3. The van der Waals surface area contributed by atoms with Crippen LogP contribution in [0.15, 0.2) is 59.4 Å². The van der Waals surface area contributed by atoms with Gasteiger partial charge in [0.05, 0.1) is 24.1 Å². The second-order valence-electron chi connectivity index (χ2n) is 8.49. The SMILES string of the molecule is Cc1nccnc1-c1cn(-c2cccc(CNC(=O)c3ccc(CN4CCCCC4)o3)c2)nn1. The Balaban J connectivity index is 1.21. The lowest BCUT2D eigenvalue weighted by Gasteiger charge is -2.25. The van der Waals surface area contributed by atoms with Gasteiger partial charge in [0.2, 0.25) is 0 Å². The number of furan rings is 1. The van der Waals surface area contributed by atoms with Crippen LogP contribution >= 0.6 is 0 Å².